The summed E-state index contributed by atoms with van der Waals surface area (Å²) in [5, 5.41) is 9.98. The highest BCUT2D eigenvalue weighted by Crippen LogP contribution is 2.31. The third-order valence-corrected chi connectivity index (χ3v) is 5.19. The predicted octanol–water partition coefficient (Wildman–Crippen LogP) is 4.08. The number of halogens is 5. The molecule has 3 heterocycles. The van der Waals surface area contributed by atoms with Crippen LogP contribution in [-0.4, -0.2) is 56.7 Å². The van der Waals surface area contributed by atoms with Gasteiger partial charge in [0.05, 0.1) is 24.2 Å². The van der Waals surface area contributed by atoms with Crippen LogP contribution in [0.4, 0.5) is 23.4 Å². The molecule has 2 aromatic heterocycles. The van der Waals surface area contributed by atoms with Gasteiger partial charge in [-0.25, -0.2) is 27.5 Å². The summed E-state index contributed by atoms with van der Waals surface area (Å²) in [5.74, 6) is -2.61. The maximum atomic E-state index is 14.7. The van der Waals surface area contributed by atoms with Crippen LogP contribution >= 0.6 is 12.4 Å². The number of piperidine rings is 1. The SMILES string of the molecule is Cl.FC(F)c1ccc(CCN2CC[C@@H](Nc3ncnc4[nH]ncc34)C(F)(F)C2)cc1. The van der Waals surface area contributed by atoms with Gasteiger partial charge >= 0.3 is 0 Å². The Morgan fingerprint density at radius 2 is 1.97 bits per heavy atom. The topological polar surface area (TPSA) is 69.7 Å². The van der Waals surface area contributed by atoms with Crippen LogP contribution in [0, 0.1) is 0 Å². The smallest absolute Gasteiger partial charge is 0.280 e. The van der Waals surface area contributed by atoms with E-state index in [0.29, 0.717) is 36.4 Å². The number of nitrogens with zero attached hydrogens (tertiary/aromatic N) is 4. The summed E-state index contributed by atoms with van der Waals surface area (Å²) in [6, 6.07) is 4.96. The Balaban J connectivity index is 0.00000256. The number of aromatic amines is 1. The molecule has 0 amide bonds. The minimum absolute atomic E-state index is 0. The van der Waals surface area contributed by atoms with Crippen molar-refractivity contribution in [2.75, 3.05) is 25.0 Å². The van der Waals surface area contributed by atoms with Crippen LogP contribution in [0.5, 0.6) is 0 Å². The van der Waals surface area contributed by atoms with Gasteiger partial charge in [-0.2, -0.15) is 5.10 Å². The molecule has 0 saturated carbocycles. The standard InChI is InChI=1S/C19H20F4N6.ClH/c20-16(21)13-3-1-12(2-4-13)5-7-29-8-6-15(19(22,23)10-29)27-17-14-9-26-28-18(14)25-11-24-17;/h1-4,9,11,15-16H,5-8,10H2,(H2,24,25,26,27,28);1H/t15-;/m1./s1. The van der Waals surface area contributed by atoms with Gasteiger partial charge in [0, 0.05) is 18.7 Å². The van der Waals surface area contributed by atoms with E-state index in [-0.39, 0.29) is 30.9 Å². The summed E-state index contributed by atoms with van der Waals surface area (Å²) < 4.78 is 54.7. The normalized spacial score (nSPS) is 19.0. The second kappa shape index (κ2) is 9.13. The van der Waals surface area contributed by atoms with Crippen LogP contribution in [0.2, 0.25) is 0 Å². The predicted molar refractivity (Wildman–Crippen MR) is 107 cm³/mol. The molecule has 1 aliphatic heterocycles. The Morgan fingerprint density at radius 1 is 1.20 bits per heavy atom. The molecular formula is C19H21ClF4N6. The Morgan fingerprint density at radius 3 is 2.67 bits per heavy atom. The molecule has 0 radical (unpaired) electrons. The lowest BCUT2D eigenvalue weighted by Crippen LogP contribution is -2.54. The monoisotopic (exact) mass is 444 g/mol. The number of likely N-dealkylation sites (tertiary alicyclic amines) is 1. The molecule has 0 aliphatic carbocycles. The second-order valence-electron chi connectivity index (χ2n) is 7.17. The van der Waals surface area contributed by atoms with Gasteiger partial charge in [-0.05, 0) is 18.4 Å². The van der Waals surface area contributed by atoms with Gasteiger partial charge in [0.1, 0.15) is 12.1 Å². The first-order valence-corrected chi connectivity index (χ1v) is 9.30. The minimum Gasteiger partial charge on any atom is -0.360 e. The number of benzene rings is 1. The lowest BCUT2D eigenvalue weighted by molar-refractivity contribution is -0.0734. The van der Waals surface area contributed by atoms with E-state index < -0.39 is 18.4 Å². The first-order valence-electron chi connectivity index (χ1n) is 9.30. The molecule has 6 nitrogen and oxygen atoms in total. The summed E-state index contributed by atoms with van der Waals surface area (Å²) in [5.41, 5.74) is 1.30. The highest BCUT2D eigenvalue weighted by atomic mass is 35.5. The van der Waals surface area contributed by atoms with E-state index in [1.165, 1.54) is 24.7 Å². The highest BCUT2D eigenvalue weighted by molar-refractivity contribution is 5.86. The van der Waals surface area contributed by atoms with Crippen LogP contribution in [-0.2, 0) is 6.42 Å². The van der Waals surface area contributed by atoms with Crippen molar-refractivity contribution >= 4 is 29.3 Å². The molecule has 30 heavy (non-hydrogen) atoms. The van der Waals surface area contributed by atoms with Crippen LogP contribution < -0.4 is 5.32 Å². The van der Waals surface area contributed by atoms with Gasteiger partial charge in [0.15, 0.2) is 5.65 Å². The molecule has 1 atom stereocenters. The molecule has 4 rings (SSSR count). The number of hydrogen-bond acceptors (Lipinski definition) is 5. The number of alkyl halides is 4. The summed E-state index contributed by atoms with van der Waals surface area (Å²) in [7, 11) is 0. The van der Waals surface area contributed by atoms with E-state index in [0.717, 1.165) is 5.56 Å². The lowest BCUT2D eigenvalue weighted by Gasteiger charge is -2.38. The fraction of sp³-hybridized carbons (Fsp3) is 0.421. The third kappa shape index (κ3) is 4.81. The fourth-order valence-corrected chi connectivity index (χ4v) is 3.54. The number of aromatic nitrogens is 4. The molecule has 0 unspecified atom stereocenters. The Bertz CT molecular complexity index is 965. The average Bonchev–Trinajstić information content (AvgIpc) is 3.18. The van der Waals surface area contributed by atoms with E-state index >= 15 is 0 Å². The summed E-state index contributed by atoms with van der Waals surface area (Å²) >= 11 is 0. The molecule has 162 valence electrons. The summed E-state index contributed by atoms with van der Waals surface area (Å²) in [6.07, 6.45) is 1.08. The maximum Gasteiger partial charge on any atom is 0.280 e. The molecule has 1 aromatic carbocycles. The number of hydrogen-bond donors (Lipinski definition) is 2. The first-order chi connectivity index (χ1) is 13.9. The van der Waals surface area contributed by atoms with Gasteiger partial charge < -0.3 is 5.32 Å². The Labute approximate surface area is 176 Å². The number of H-pyrrole nitrogens is 1. The van der Waals surface area contributed by atoms with Crippen molar-refractivity contribution in [1.29, 1.82) is 0 Å². The zero-order valence-electron chi connectivity index (χ0n) is 15.9. The zero-order chi connectivity index (χ0) is 20.4. The van der Waals surface area contributed by atoms with Gasteiger partial charge in [-0.3, -0.25) is 10.00 Å². The molecular weight excluding hydrogens is 424 g/mol. The number of anilines is 1. The number of rotatable bonds is 6. The Hall–Kier alpha value is -2.46. The van der Waals surface area contributed by atoms with E-state index in [1.807, 2.05) is 0 Å². The molecule has 2 N–H and O–H groups in total. The molecule has 3 aromatic rings. The van der Waals surface area contributed by atoms with Gasteiger partial charge in [0.25, 0.3) is 12.3 Å². The summed E-state index contributed by atoms with van der Waals surface area (Å²) in [4.78, 5) is 9.78. The first kappa shape index (κ1) is 22.2. The van der Waals surface area contributed by atoms with E-state index in [1.54, 1.807) is 17.0 Å². The quantitative estimate of drug-likeness (QED) is 0.561. The van der Waals surface area contributed by atoms with Crippen molar-refractivity contribution in [1.82, 2.24) is 25.1 Å². The van der Waals surface area contributed by atoms with Crippen LogP contribution in [0.1, 0.15) is 24.0 Å². The average molecular weight is 445 g/mol. The number of nitrogens with one attached hydrogen (secondary N) is 2. The maximum absolute atomic E-state index is 14.7. The molecule has 0 spiro atoms. The molecule has 11 heteroatoms. The Kier molecular flexibility index (Phi) is 6.77. The largest absolute Gasteiger partial charge is 0.360 e. The van der Waals surface area contributed by atoms with Crippen molar-refractivity contribution in [3.05, 3.63) is 47.9 Å². The van der Waals surface area contributed by atoms with Gasteiger partial charge in [-0.1, -0.05) is 24.3 Å². The van der Waals surface area contributed by atoms with Gasteiger partial charge in [-0.15, -0.1) is 12.4 Å². The molecule has 1 saturated heterocycles. The highest BCUT2D eigenvalue weighted by Gasteiger charge is 2.44. The lowest BCUT2D eigenvalue weighted by atomic mass is 9.99. The van der Waals surface area contributed by atoms with E-state index in [9.17, 15) is 17.6 Å². The van der Waals surface area contributed by atoms with E-state index in [4.69, 9.17) is 0 Å². The van der Waals surface area contributed by atoms with Crippen LogP contribution in [0.3, 0.4) is 0 Å². The van der Waals surface area contributed by atoms with Crippen molar-refractivity contribution in [3.8, 4) is 0 Å². The van der Waals surface area contributed by atoms with Gasteiger partial charge in [0.2, 0.25) is 0 Å². The third-order valence-electron chi connectivity index (χ3n) is 5.19. The number of fused-ring (bicyclic) bond motifs is 1. The zero-order valence-corrected chi connectivity index (χ0v) is 16.7. The minimum atomic E-state index is -2.95. The van der Waals surface area contributed by atoms with Crippen molar-refractivity contribution in [2.45, 2.75) is 31.2 Å². The van der Waals surface area contributed by atoms with Crippen LogP contribution in [0.25, 0.3) is 11.0 Å². The van der Waals surface area contributed by atoms with Crippen molar-refractivity contribution < 1.29 is 17.6 Å². The second-order valence-corrected chi connectivity index (χ2v) is 7.17. The molecule has 1 fully saturated rings. The van der Waals surface area contributed by atoms with Crippen molar-refractivity contribution in [2.24, 2.45) is 0 Å². The fourth-order valence-electron chi connectivity index (χ4n) is 3.54. The van der Waals surface area contributed by atoms with Crippen molar-refractivity contribution in [3.63, 3.8) is 0 Å². The molecule has 1 aliphatic rings. The summed E-state index contributed by atoms with van der Waals surface area (Å²) in [6.45, 7) is 0.567. The van der Waals surface area contributed by atoms with Crippen LogP contribution in [0.15, 0.2) is 36.8 Å². The molecule has 0 bridgehead atoms. The van der Waals surface area contributed by atoms with E-state index in [2.05, 4.69) is 25.5 Å².